The van der Waals surface area contributed by atoms with Crippen molar-refractivity contribution >= 4 is 10.8 Å². The molecule has 0 spiro atoms. The average molecular weight is 227 g/mol. The molecule has 1 N–H and O–H groups in total. The van der Waals surface area contributed by atoms with Crippen molar-refractivity contribution in [1.82, 2.24) is 5.32 Å². The second kappa shape index (κ2) is 4.89. The first kappa shape index (κ1) is 12.1. The molecular weight excluding hydrogens is 206 g/mol. The van der Waals surface area contributed by atoms with Gasteiger partial charge in [-0.15, -0.1) is 0 Å². The van der Waals surface area contributed by atoms with Crippen molar-refractivity contribution in [2.24, 2.45) is 0 Å². The number of hydrogen-bond donors (Lipinski definition) is 1. The zero-order valence-corrected chi connectivity index (χ0v) is 11.0. The van der Waals surface area contributed by atoms with E-state index in [0.29, 0.717) is 0 Å². The van der Waals surface area contributed by atoms with Crippen LogP contribution in [0, 0.1) is 0 Å². The third-order valence-electron chi connectivity index (χ3n) is 3.34. The highest BCUT2D eigenvalue weighted by molar-refractivity contribution is 5.86. The summed E-state index contributed by atoms with van der Waals surface area (Å²) in [6.07, 6.45) is 0. The largest absolute Gasteiger partial charge is 0.316 e. The van der Waals surface area contributed by atoms with E-state index in [4.69, 9.17) is 0 Å². The van der Waals surface area contributed by atoms with Crippen LogP contribution in [-0.2, 0) is 5.41 Å². The lowest BCUT2D eigenvalue weighted by Gasteiger charge is -2.27. The van der Waals surface area contributed by atoms with Gasteiger partial charge in [0.2, 0.25) is 0 Å². The van der Waals surface area contributed by atoms with Gasteiger partial charge < -0.3 is 5.32 Å². The first-order valence-corrected chi connectivity index (χ1v) is 6.34. The zero-order chi connectivity index (χ0) is 12.3. The number of nitrogens with one attached hydrogen (secondary N) is 1. The summed E-state index contributed by atoms with van der Waals surface area (Å²) in [4.78, 5) is 0. The van der Waals surface area contributed by atoms with Crippen LogP contribution in [0.2, 0.25) is 0 Å². The first-order chi connectivity index (χ1) is 8.15. The van der Waals surface area contributed by atoms with Gasteiger partial charge in [-0.3, -0.25) is 0 Å². The summed E-state index contributed by atoms with van der Waals surface area (Å²) < 4.78 is 0. The van der Waals surface area contributed by atoms with Crippen molar-refractivity contribution in [1.29, 1.82) is 0 Å². The van der Waals surface area contributed by atoms with Crippen molar-refractivity contribution in [3.05, 3.63) is 48.0 Å². The Balaban J connectivity index is 2.47. The van der Waals surface area contributed by atoms with E-state index in [9.17, 15) is 0 Å². The Bertz CT molecular complexity index is 494. The van der Waals surface area contributed by atoms with Gasteiger partial charge in [0.25, 0.3) is 0 Å². The van der Waals surface area contributed by atoms with Crippen LogP contribution in [0.15, 0.2) is 42.5 Å². The zero-order valence-electron chi connectivity index (χ0n) is 11.0. The highest BCUT2D eigenvalue weighted by atomic mass is 14.9. The molecule has 0 bridgehead atoms. The van der Waals surface area contributed by atoms with Crippen molar-refractivity contribution in [3.8, 4) is 0 Å². The summed E-state index contributed by atoms with van der Waals surface area (Å²) in [7, 11) is 0. The maximum absolute atomic E-state index is 3.45. The molecule has 0 aliphatic rings. The Hall–Kier alpha value is -1.34. The molecule has 0 fully saturated rings. The molecule has 2 aromatic carbocycles. The molecule has 90 valence electrons. The Labute approximate surface area is 104 Å². The summed E-state index contributed by atoms with van der Waals surface area (Å²) in [5.41, 5.74) is 1.59. The molecule has 0 aliphatic heterocycles. The Morgan fingerprint density at radius 2 is 1.71 bits per heavy atom. The minimum absolute atomic E-state index is 0.164. The van der Waals surface area contributed by atoms with Crippen molar-refractivity contribution < 1.29 is 0 Å². The van der Waals surface area contributed by atoms with Crippen LogP contribution in [0.5, 0.6) is 0 Å². The minimum Gasteiger partial charge on any atom is -0.316 e. The fraction of sp³-hybridized carbons (Fsp3) is 0.375. The van der Waals surface area contributed by atoms with Gasteiger partial charge in [0.1, 0.15) is 0 Å². The fourth-order valence-corrected chi connectivity index (χ4v) is 2.35. The molecule has 0 unspecified atom stereocenters. The van der Waals surface area contributed by atoms with Crippen LogP contribution in [-0.4, -0.2) is 13.1 Å². The molecule has 0 amide bonds. The lowest BCUT2D eigenvalue weighted by Crippen LogP contribution is -2.32. The number of hydrogen-bond acceptors (Lipinski definition) is 1. The summed E-state index contributed by atoms with van der Waals surface area (Å²) >= 11 is 0. The number of fused-ring (bicyclic) bond motifs is 1. The molecule has 0 heterocycles. The Morgan fingerprint density at radius 1 is 1.00 bits per heavy atom. The summed E-state index contributed by atoms with van der Waals surface area (Å²) in [5, 5.41) is 6.15. The van der Waals surface area contributed by atoms with Crippen molar-refractivity contribution in [3.63, 3.8) is 0 Å². The molecule has 1 nitrogen and oxygen atoms in total. The normalized spacial score (nSPS) is 11.9. The van der Waals surface area contributed by atoms with Gasteiger partial charge in [-0.05, 0) is 22.9 Å². The van der Waals surface area contributed by atoms with E-state index in [-0.39, 0.29) is 5.41 Å². The SMILES string of the molecule is CCNCC(C)(C)c1cccc2ccccc12. The average Bonchev–Trinajstić information content (AvgIpc) is 2.36. The molecule has 2 aromatic rings. The van der Waals surface area contributed by atoms with Gasteiger partial charge in [0.05, 0.1) is 0 Å². The van der Waals surface area contributed by atoms with Crippen molar-refractivity contribution in [2.45, 2.75) is 26.2 Å². The molecule has 2 rings (SSSR count). The van der Waals surface area contributed by atoms with Crippen LogP contribution < -0.4 is 5.32 Å². The van der Waals surface area contributed by atoms with E-state index in [2.05, 4.69) is 68.6 Å². The van der Waals surface area contributed by atoms with Crippen LogP contribution in [0.1, 0.15) is 26.3 Å². The third kappa shape index (κ3) is 2.50. The standard InChI is InChI=1S/C16H21N/c1-4-17-12-16(2,3)15-11-7-9-13-8-5-6-10-14(13)15/h5-11,17H,4,12H2,1-3H3. The van der Waals surface area contributed by atoms with Gasteiger partial charge in [-0.25, -0.2) is 0 Å². The quantitative estimate of drug-likeness (QED) is 0.839. The summed E-state index contributed by atoms with van der Waals surface area (Å²) in [6.45, 7) is 8.79. The van der Waals surface area contributed by atoms with Crippen molar-refractivity contribution in [2.75, 3.05) is 13.1 Å². The monoisotopic (exact) mass is 227 g/mol. The molecule has 0 aliphatic carbocycles. The molecule has 0 saturated carbocycles. The molecule has 1 heteroatoms. The number of rotatable bonds is 4. The van der Waals surface area contributed by atoms with Crippen LogP contribution in [0.25, 0.3) is 10.8 Å². The molecule has 17 heavy (non-hydrogen) atoms. The third-order valence-corrected chi connectivity index (χ3v) is 3.34. The van der Waals surface area contributed by atoms with Gasteiger partial charge in [0, 0.05) is 12.0 Å². The fourth-order valence-electron chi connectivity index (χ4n) is 2.35. The topological polar surface area (TPSA) is 12.0 Å². The van der Waals surface area contributed by atoms with Crippen LogP contribution >= 0.6 is 0 Å². The predicted octanol–water partition coefficient (Wildman–Crippen LogP) is 3.73. The van der Waals surface area contributed by atoms with Crippen LogP contribution in [0.3, 0.4) is 0 Å². The maximum Gasteiger partial charge on any atom is 0.00432 e. The molecule has 0 radical (unpaired) electrons. The van der Waals surface area contributed by atoms with Crippen LogP contribution in [0.4, 0.5) is 0 Å². The second-order valence-corrected chi connectivity index (χ2v) is 5.19. The Kier molecular flexibility index (Phi) is 3.49. The lowest BCUT2D eigenvalue weighted by atomic mass is 9.81. The molecule has 0 aromatic heterocycles. The van der Waals surface area contributed by atoms with Gasteiger partial charge >= 0.3 is 0 Å². The van der Waals surface area contributed by atoms with Gasteiger partial charge in [-0.1, -0.05) is 63.2 Å². The summed E-state index contributed by atoms with van der Waals surface area (Å²) in [5.74, 6) is 0. The maximum atomic E-state index is 3.45. The van der Waals surface area contributed by atoms with E-state index < -0.39 is 0 Å². The van der Waals surface area contributed by atoms with E-state index in [1.54, 1.807) is 0 Å². The molecular formula is C16H21N. The molecule has 0 saturated heterocycles. The van der Waals surface area contributed by atoms with E-state index in [0.717, 1.165) is 13.1 Å². The first-order valence-electron chi connectivity index (χ1n) is 6.34. The number of benzene rings is 2. The second-order valence-electron chi connectivity index (χ2n) is 5.19. The van der Waals surface area contributed by atoms with E-state index in [1.165, 1.54) is 16.3 Å². The summed E-state index contributed by atoms with van der Waals surface area (Å²) in [6, 6.07) is 15.2. The lowest BCUT2D eigenvalue weighted by molar-refractivity contribution is 0.481. The van der Waals surface area contributed by atoms with Gasteiger partial charge in [-0.2, -0.15) is 0 Å². The van der Waals surface area contributed by atoms with Gasteiger partial charge in [0.15, 0.2) is 0 Å². The Morgan fingerprint density at radius 3 is 2.47 bits per heavy atom. The highest BCUT2D eigenvalue weighted by Gasteiger charge is 2.21. The highest BCUT2D eigenvalue weighted by Crippen LogP contribution is 2.29. The molecule has 0 atom stereocenters. The van der Waals surface area contributed by atoms with E-state index >= 15 is 0 Å². The predicted molar refractivity (Wildman–Crippen MR) is 75.5 cm³/mol. The smallest absolute Gasteiger partial charge is 0.00432 e. The minimum atomic E-state index is 0.164. The number of likely N-dealkylation sites (N-methyl/N-ethyl adjacent to an activating group) is 1. The van der Waals surface area contributed by atoms with E-state index in [1.807, 2.05) is 0 Å².